The van der Waals surface area contributed by atoms with Gasteiger partial charge in [-0.1, -0.05) is 0 Å². The summed E-state index contributed by atoms with van der Waals surface area (Å²) >= 11 is 0. The molecule has 0 bridgehead atoms. The standard InChI is InChI=1S/C10H21NO6S/c1-10(13,5-6-16-2)8-11-18(14,15)7-4-9(12)17-3/h11,13H,4-8H2,1-3H3. The maximum atomic E-state index is 11.5. The summed E-state index contributed by atoms with van der Waals surface area (Å²) in [5.41, 5.74) is -1.19. The van der Waals surface area contributed by atoms with Crippen LogP contribution < -0.4 is 4.72 Å². The molecule has 1 atom stereocenters. The van der Waals surface area contributed by atoms with Crippen molar-refractivity contribution < 1.29 is 27.8 Å². The van der Waals surface area contributed by atoms with E-state index in [0.29, 0.717) is 13.0 Å². The average molecular weight is 283 g/mol. The van der Waals surface area contributed by atoms with Crippen molar-refractivity contribution in [3.8, 4) is 0 Å². The summed E-state index contributed by atoms with van der Waals surface area (Å²) in [6.07, 6.45) is 0.0923. The van der Waals surface area contributed by atoms with Crippen LogP contribution in [-0.2, 0) is 24.3 Å². The van der Waals surface area contributed by atoms with Crippen molar-refractivity contribution in [1.82, 2.24) is 4.72 Å². The first kappa shape index (κ1) is 17.3. The number of sulfonamides is 1. The molecular weight excluding hydrogens is 262 g/mol. The molecule has 0 spiro atoms. The van der Waals surface area contributed by atoms with Gasteiger partial charge >= 0.3 is 5.97 Å². The first-order valence-corrected chi connectivity index (χ1v) is 7.13. The van der Waals surface area contributed by atoms with Crippen LogP contribution in [-0.4, -0.2) is 58.2 Å². The predicted molar refractivity (Wildman–Crippen MR) is 65.5 cm³/mol. The largest absolute Gasteiger partial charge is 0.469 e. The summed E-state index contributed by atoms with van der Waals surface area (Å²) < 4.78 is 34.4. The van der Waals surface area contributed by atoms with Gasteiger partial charge in [0.05, 0.1) is 24.9 Å². The normalized spacial score (nSPS) is 15.1. The zero-order valence-corrected chi connectivity index (χ0v) is 11.7. The molecule has 1 unspecified atom stereocenters. The van der Waals surface area contributed by atoms with Gasteiger partial charge in [0.1, 0.15) is 0 Å². The highest BCUT2D eigenvalue weighted by molar-refractivity contribution is 7.89. The van der Waals surface area contributed by atoms with Crippen LogP contribution in [0.3, 0.4) is 0 Å². The van der Waals surface area contributed by atoms with Crippen LogP contribution in [0.5, 0.6) is 0 Å². The molecule has 0 aromatic rings. The highest BCUT2D eigenvalue weighted by Crippen LogP contribution is 2.08. The molecule has 0 aromatic carbocycles. The summed E-state index contributed by atoms with van der Waals surface area (Å²) in [5.74, 6) is -0.952. The topological polar surface area (TPSA) is 102 Å². The Balaban J connectivity index is 4.13. The third-order valence-corrected chi connectivity index (χ3v) is 3.65. The smallest absolute Gasteiger partial charge is 0.306 e. The first-order valence-electron chi connectivity index (χ1n) is 5.48. The van der Waals surface area contributed by atoms with Gasteiger partial charge in [-0.15, -0.1) is 0 Å². The highest BCUT2D eigenvalue weighted by Gasteiger charge is 2.23. The highest BCUT2D eigenvalue weighted by atomic mass is 32.2. The maximum Gasteiger partial charge on any atom is 0.306 e. The van der Waals surface area contributed by atoms with E-state index < -0.39 is 21.6 Å². The Hall–Kier alpha value is -0.700. The molecule has 0 aliphatic rings. The second-order valence-electron chi connectivity index (χ2n) is 4.21. The lowest BCUT2D eigenvalue weighted by atomic mass is 10.0. The van der Waals surface area contributed by atoms with Gasteiger partial charge in [-0.05, 0) is 6.92 Å². The SMILES string of the molecule is COCCC(C)(O)CNS(=O)(=O)CCC(=O)OC. The zero-order valence-electron chi connectivity index (χ0n) is 10.9. The fourth-order valence-corrected chi connectivity index (χ4v) is 2.18. The van der Waals surface area contributed by atoms with E-state index in [1.807, 2.05) is 0 Å². The van der Waals surface area contributed by atoms with E-state index in [0.717, 1.165) is 0 Å². The average Bonchev–Trinajstić information content (AvgIpc) is 2.31. The summed E-state index contributed by atoms with van der Waals surface area (Å²) in [5, 5.41) is 9.83. The number of carbonyl (C=O) groups excluding carboxylic acids is 1. The fraction of sp³-hybridized carbons (Fsp3) is 0.900. The number of methoxy groups -OCH3 is 2. The summed E-state index contributed by atoms with van der Waals surface area (Å²) in [6.45, 7) is 1.71. The molecule has 0 rings (SSSR count). The lowest BCUT2D eigenvalue weighted by Gasteiger charge is -2.23. The van der Waals surface area contributed by atoms with Crippen LogP contribution in [0, 0.1) is 0 Å². The minimum atomic E-state index is -3.60. The molecule has 0 saturated carbocycles. The number of aliphatic hydroxyl groups is 1. The van der Waals surface area contributed by atoms with Crippen molar-refractivity contribution in [2.24, 2.45) is 0 Å². The Morgan fingerprint density at radius 1 is 1.39 bits per heavy atom. The molecule has 18 heavy (non-hydrogen) atoms. The van der Waals surface area contributed by atoms with E-state index in [1.165, 1.54) is 21.1 Å². The lowest BCUT2D eigenvalue weighted by Crippen LogP contribution is -2.42. The summed E-state index contributed by atoms with van der Waals surface area (Å²) in [4.78, 5) is 10.8. The van der Waals surface area contributed by atoms with Crippen molar-refractivity contribution in [3.05, 3.63) is 0 Å². The van der Waals surface area contributed by atoms with Crippen LogP contribution in [0.25, 0.3) is 0 Å². The number of ether oxygens (including phenoxy) is 2. The summed E-state index contributed by atoms with van der Waals surface area (Å²) in [6, 6.07) is 0. The van der Waals surface area contributed by atoms with E-state index in [4.69, 9.17) is 4.74 Å². The molecule has 0 saturated heterocycles. The van der Waals surface area contributed by atoms with Gasteiger partial charge in [0, 0.05) is 26.7 Å². The van der Waals surface area contributed by atoms with E-state index in [9.17, 15) is 18.3 Å². The van der Waals surface area contributed by atoms with Crippen molar-refractivity contribution in [2.75, 3.05) is 33.1 Å². The van der Waals surface area contributed by atoms with Gasteiger partial charge in [0.15, 0.2) is 0 Å². The van der Waals surface area contributed by atoms with Crippen LogP contribution in [0.15, 0.2) is 0 Å². The van der Waals surface area contributed by atoms with Crippen molar-refractivity contribution in [1.29, 1.82) is 0 Å². The van der Waals surface area contributed by atoms with Crippen molar-refractivity contribution in [2.45, 2.75) is 25.4 Å². The molecule has 7 nitrogen and oxygen atoms in total. The Kier molecular flexibility index (Phi) is 7.37. The monoisotopic (exact) mass is 283 g/mol. The minimum Gasteiger partial charge on any atom is -0.469 e. The van der Waals surface area contributed by atoms with Crippen molar-refractivity contribution in [3.63, 3.8) is 0 Å². The minimum absolute atomic E-state index is 0.125. The number of hydrogen-bond donors (Lipinski definition) is 2. The Labute approximate surface area is 108 Å². The Morgan fingerprint density at radius 2 is 2.00 bits per heavy atom. The zero-order chi connectivity index (χ0) is 14.2. The number of carbonyl (C=O) groups is 1. The van der Waals surface area contributed by atoms with Gasteiger partial charge in [0.2, 0.25) is 10.0 Å². The molecule has 0 fully saturated rings. The number of rotatable bonds is 9. The molecule has 0 radical (unpaired) electrons. The van der Waals surface area contributed by atoms with E-state index in [2.05, 4.69) is 9.46 Å². The third-order valence-electron chi connectivity index (χ3n) is 2.32. The molecule has 8 heteroatoms. The molecule has 108 valence electrons. The molecular formula is C10H21NO6S. The van der Waals surface area contributed by atoms with Crippen molar-refractivity contribution >= 4 is 16.0 Å². The number of nitrogens with one attached hydrogen (secondary N) is 1. The quantitative estimate of drug-likeness (QED) is 0.540. The van der Waals surface area contributed by atoms with Gasteiger partial charge in [0.25, 0.3) is 0 Å². The summed E-state index contributed by atoms with van der Waals surface area (Å²) in [7, 11) is -0.908. The molecule has 0 amide bonds. The first-order chi connectivity index (χ1) is 8.22. The maximum absolute atomic E-state index is 11.5. The third kappa shape index (κ3) is 8.40. The lowest BCUT2D eigenvalue weighted by molar-refractivity contribution is -0.140. The molecule has 0 aliphatic heterocycles. The fourth-order valence-electron chi connectivity index (χ4n) is 1.07. The van der Waals surface area contributed by atoms with Crippen LogP contribution in [0.2, 0.25) is 0 Å². The van der Waals surface area contributed by atoms with E-state index >= 15 is 0 Å². The second-order valence-corrected chi connectivity index (χ2v) is 6.13. The van der Waals surface area contributed by atoms with Gasteiger partial charge in [-0.25, -0.2) is 13.1 Å². The predicted octanol–water partition coefficient (Wildman–Crippen LogP) is -0.744. The van der Waals surface area contributed by atoms with Crippen LogP contribution in [0.1, 0.15) is 19.8 Å². The molecule has 0 aliphatic carbocycles. The van der Waals surface area contributed by atoms with Crippen LogP contribution >= 0.6 is 0 Å². The van der Waals surface area contributed by atoms with Gasteiger partial charge in [-0.3, -0.25) is 4.79 Å². The van der Waals surface area contributed by atoms with E-state index in [-0.39, 0.29) is 18.7 Å². The molecule has 0 aromatic heterocycles. The second kappa shape index (κ2) is 7.67. The van der Waals surface area contributed by atoms with Gasteiger partial charge in [-0.2, -0.15) is 0 Å². The Bertz CT molecular complexity index is 351. The van der Waals surface area contributed by atoms with E-state index in [1.54, 1.807) is 0 Å². The molecule has 0 heterocycles. The van der Waals surface area contributed by atoms with Gasteiger partial charge < -0.3 is 14.6 Å². The number of hydrogen-bond acceptors (Lipinski definition) is 6. The Morgan fingerprint density at radius 3 is 2.50 bits per heavy atom. The number of esters is 1. The van der Waals surface area contributed by atoms with Crippen LogP contribution in [0.4, 0.5) is 0 Å². The molecule has 2 N–H and O–H groups in total.